The molecule has 0 saturated carbocycles. The molecule has 0 aromatic heterocycles. The number of esters is 1. The number of hydrogen-bond donors (Lipinski definition) is 2. The Morgan fingerprint density at radius 2 is 0.887 bits per heavy atom. The van der Waals surface area contributed by atoms with Crippen LogP contribution in [0.4, 0.5) is 0 Å². The van der Waals surface area contributed by atoms with Crippen molar-refractivity contribution in [2.24, 2.45) is 0 Å². The molecule has 6 nitrogen and oxygen atoms in total. The van der Waals surface area contributed by atoms with E-state index < -0.39 is 18.2 Å². The Kier molecular flexibility index (Phi) is 22.6. The Bertz CT molecular complexity index is 1730. The number of aliphatic hydroxyl groups is 1. The lowest BCUT2D eigenvalue weighted by atomic mass is 10.1. The summed E-state index contributed by atoms with van der Waals surface area (Å²) in [7, 11) is 0. The third-order valence-electron chi connectivity index (χ3n) is 7.34. The number of carbonyl (C=O) groups excluding carboxylic acids is 2. The molecule has 0 saturated heterocycles. The summed E-state index contributed by atoms with van der Waals surface area (Å²) in [5, 5.41) is 16.9. The van der Waals surface area contributed by atoms with Gasteiger partial charge in [0.1, 0.15) is 12.2 Å². The fraction of sp³-hybridized carbons (Fsp3) is 0.283. The first kappa shape index (κ1) is 46.2. The summed E-state index contributed by atoms with van der Waals surface area (Å²) in [6.45, 7) is 13.6. The van der Waals surface area contributed by atoms with E-state index in [9.17, 15) is 14.4 Å². The van der Waals surface area contributed by atoms with Gasteiger partial charge in [-0.3, -0.25) is 4.79 Å². The van der Waals surface area contributed by atoms with E-state index in [1.807, 2.05) is 81.4 Å². The molecule has 282 valence electrons. The molecule has 0 unspecified atom stereocenters. The van der Waals surface area contributed by atoms with E-state index in [-0.39, 0.29) is 11.8 Å². The number of carbonyl (C=O) groups is 3. The lowest BCUT2D eigenvalue weighted by Crippen LogP contribution is -2.22. The van der Waals surface area contributed by atoms with Crippen molar-refractivity contribution in [3.8, 4) is 0 Å². The van der Waals surface area contributed by atoms with Crippen LogP contribution in [0.25, 0.3) is 18.2 Å². The van der Waals surface area contributed by atoms with Crippen LogP contribution >= 0.6 is 15.9 Å². The van der Waals surface area contributed by atoms with Gasteiger partial charge >= 0.3 is 11.9 Å². The number of hydrogen-bond acceptors (Lipinski definition) is 5. The van der Waals surface area contributed by atoms with Gasteiger partial charge in [-0.25, -0.2) is 9.59 Å². The highest BCUT2D eigenvalue weighted by atomic mass is 79.9. The average molecular weight is 784 g/mol. The monoisotopic (exact) mass is 782 g/mol. The van der Waals surface area contributed by atoms with Gasteiger partial charge < -0.3 is 14.9 Å². The van der Waals surface area contributed by atoms with Gasteiger partial charge in [-0.1, -0.05) is 135 Å². The number of halogens is 1. The molecule has 0 spiro atoms. The maximum Gasteiger partial charge on any atom is 0.331 e. The van der Waals surface area contributed by atoms with E-state index in [2.05, 4.69) is 80.0 Å². The fourth-order valence-corrected chi connectivity index (χ4v) is 4.49. The van der Waals surface area contributed by atoms with Crippen molar-refractivity contribution < 1.29 is 29.3 Å². The summed E-state index contributed by atoms with van der Waals surface area (Å²) in [5.74, 6) is -1.50. The number of rotatable bonds is 11. The largest absolute Gasteiger partial charge is 0.478 e. The van der Waals surface area contributed by atoms with Gasteiger partial charge in [0.05, 0.1) is 0 Å². The fourth-order valence-electron chi connectivity index (χ4n) is 4.22. The normalized spacial score (nSPS) is 10.8. The summed E-state index contributed by atoms with van der Waals surface area (Å²) in [5.41, 5.74) is 7.67. The first-order valence-corrected chi connectivity index (χ1v) is 18.7. The van der Waals surface area contributed by atoms with Crippen molar-refractivity contribution in [2.45, 2.75) is 79.8 Å². The summed E-state index contributed by atoms with van der Waals surface area (Å²) < 4.78 is 6.33. The molecule has 0 aliphatic heterocycles. The van der Waals surface area contributed by atoms with Crippen molar-refractivity contribution in [3.63, 3.8) is 0 Å². The van der Waals surface area contributed by atoms with Crippen LogP contribution in [0.3, 0.4) is 0 Å². The van der Waals surface area contributed by atoms with Crippen LogP contribution in [-0.4, -0.2) is 40.1 Å². The number of aliphatic carboxylic acids is 1. The van der Waals surface area contributed by atoms with Crippen LogP contribution in [0.1, 0.15) is 87.4 Å². The van der Waals surface area contributed by atoms with Crippen LogP contribution < -0.4 is 0 Å². The van der Waals surface area contributed by atoms with Crippen LogP contribution in [0.2, 0.25) is 0 Å². The maximum absolute atomic E-state index is 11.4. The minimum absolute atomic E-state index is 0.274. The SMILES string of the molecule is CCc1ccc(/C=C/C(=O)CO)cc1.CCc1ccc(/C=C/C(=O)O)cc1.CCc1ccc(/C=C/C(=O)OC(C)(C)C)cc1.CCc1ccc(Br)cc1. The second-order valence-electron chi connectivity index (χ2n) is 12.8. The number of ether oxygens (including phenoxy) is 1. The Balaban J connectivity index is 0.000000361. The summed E-state index contributed by atoms with van der Waals surface area (Å²) in [6.07, 6.45) is 13.2. The Labute approximate surface area is 325 Å². The van der Waals surface area contributed by atoms with Crippen molar-refractivity contribution in [3.05, 3.63) is 159 Å². The molecule has 4 aromatic rings. The molecule has 0 amide bonds. The minimum atomic E-state index is -0.917. The number of carboxylic acids is 1. The molecule has 0 aliphatic rings. The Hall–Kier alpha value is -4.85. The molecule has 53 heavy (non-hydrogen) atoms. The standard InChI is InChI=1S/C15H20O2.C12H14O2.C11H12O2.C8H9Br/c1-5-12-6-8-13(9-7-12)10-11-14(16)17-15(2,3)4;1-2-10-3-5-11(6-4-10)7-8-12(14)9-13;1-2-9-3-5-10(6-4-9)7-8-11(12)13;1-2-7-3-5-8(9)6-4-7/h6-11H,5H2,1-4H3;3-8,13H,2,9H2,1H3;3-8H,2H2,1H3,(H,12,13);3-6H,2H2,1H3/b11-10+;2*8-7+;. The molecular formula is C46H55BrO6. The van der Waals surface area contributed by atoms with E-state index in [1.54, 1.807) is 18.2 Å². The highest BCUT2D eigenvalue weighted by Crippen LogP contribution is 2.12. The van der Waals surface area contributed by atoms with Crippen molar-refractivity contribution in [1.29, 1.82) is 0 Å². The third kappa shape index (κ3) is 22.6. The highest BCUT2D eigenvalue weighted by molar-refractivity contribution is 9.10. The van der Waals surface area contributed by atoms with Crippen LogP contribution in [0.5, 0.6) is 0 Å². The molecule has 0 heterocycles. The Morgan fingerprint density at radius 1 is 0.566 bits per heavy atom. The number of aryl methyl sites for hydroxylation is 4. The molecule has 0 radical (unpaired) electrons. The number of benzene rings is 4. The minimum Gasteiger partial charge on any atom is -0.478 e. The van der Waals surface area contributed by atoms with Gasteiger partial charge in [0.2, 0.25) is 0 Å². The number of ketones is 1. The van der Waals surface area contributed by atoms with Crippen molar-refractivity contribution in [1.82, 2.24) is 0 Å². The topological polar surface area (TPSA) is 101 Å². The molecular weight excluding hydrogens is 728 g/mol. The quantitative estimate of drug-likeness (QED) is 0.116. The second kappa shape index (κ2) is 26.0. The van der Waals surface area contributed by atoms with Gasteiger partial charge in [-0.05, 0) is 116 Å². The molecule has 0 aliphatic carbocycles. The lowest BCUT2D eigenvalue weighted by Gasteiger charge is -2.17. The smallest absolute Gasteiger partial charge is 0.331 e. The van der Waals surface area contributed by atoms with Gasteiger partial charge in [0.15, 0.2) is 5.78 Å². The van der Waals surface area contributed by atoms with E-state index >= 15 is 0 Å². The highest BCUT2D eigenvalue weighted by Gasteiger charge is 2.13. The summed E-state index contributed by atoms with van der Waals surface area (Å²) in [6, 6.07) is 32.3. The molecule has 4 aromatic carbocycles. The zero-order chi connectivity index (χ0) is 39.6. The zero-order valence-corrected chi connectivity index (χ0v) is 33.7. The van der Waals surface area contributed by atoms with E-state index in [4.69, 9.17) is 14.9 Å². The lowest BCUT2D eigenvalue weighted by molar-refractivity contribution is -0.148. The van der Waals surface area contributed by atoms with Crippen LogP contribution in [0, 0.1) is 0 Å². The number of aliphatic hydroxyl groups excluding tert-OH is 1. The van der Waals surface area contributed by atoms with E-state index in [1.165, 1.54) is 34.4 Å². The maximum atomic E-state index is 11.4. The van der Waals surface area contributed by atoms with Crippen molar-refractivity contribution >= 4 is 51.9 Å². The molecule has 2 N–H and O–H groups in total. The Morgan fingerprint density at radius 3 is 1.19 bits per heavy atom. The molecule has 0 atom stereocenters. The first-order valence-electron chi connectivity index (χ1n) is 17.9. The predicted molar refractivity (Wildman–Crippen MR) is 224 cm³/mol. The first-order chi connectivity index (χ1) is 25.2. The molecule has 7 heteroatoms. The van der Waals surface area contributed by atoms with Crippen LogP contribution in [0.15, 0.2) is 120 Å². The summed E-state index contributed by atoms with van der Waals surface area (Å²) in [4.78, 5) is 32.4. The van der Waals surface area contributed by atoms with Crippen molar-refractivity contribution in [2.75, 3.05) is 6.61 Å². The van der Waals surface area contributed by atoms with Gasteiger partial charge in [0, 0.05) is 16.6 Å². The molecule has 0 bridgehead atoms. The van der Waals surface area contributed by atoms with E-state index in [0.29, 0.717) is 0 Å². The molecule has 4 rings (SSSR count). The second-order valence-corrected chi connectivity index (χ2v) is 13.7. The molecule has 0 fully saturated rings. The zero-order valence-electron chi connectivity index (χ0n) is 32.1. The van der Waals surface area contributed by atoms with Crippen LogP contribution in [-0.2, 0) is 44.8 Å². The van der Waals surface area contributed by atoms with Gasteiger partial charge in [-0.15, -0.1) is 0 Å². The number of carboxylic acid groups (broad SMARTS) is 1. The average Bonchev–Trinajstić information content (AvgIpc) is 3.16. The third-order valence-corrected chi connectivity index (χ3v) is 7.87. The van der Waals surface area contributed by atoms with E-state index in [0.717, 1.165) is 52.9 Å². The van der Waals surface area contributed by atoms with Gasteiger partial charge in [0.25, 0.3) is 0 Å². The van der Waals surface area contributed by atoms with Gasteiger partial charge in [-0.2, -0.15) is 0 Å². The summed E-state index contributed by atoms with van der Waals surface area (Å²) >= 11 is 3.37. The predicted octanol–water partition coefficient (Wildman–Crippen LogP) is 10.8.